The van der Waals surface area contributed by atoms with Crippen molar-refractivity contribution < 1.29 is 8.42 Å². The Labute approximate surface area is 115 Å². The number of rotatable bonds is 3. The van der Waals surface area contributed by atoms with Crippen molar-refractivity contribution in [3.8, 4) is 0 Å². The minimum absolute atomic E-state index is 0.0542. The van der Waals surface area contributed by atoms with E-state index in [-0.39, 0.29) is 5.54 Å². The molecule has 2 rings (SSSR count). The van der Waals surface area contributed by atoms with Crippen molar-refractivity contribution in [1.82, 2.24) is 9.62 Å². The van der Waals surface area contributed by atoms with Gasteiger partial charge >= 0.3 is 0 Å². The molecule has 1 N–H and O–H groups in total. The van der Waals surface area contributed by atoms with E-state index in [9.17, 15) is 8.42 Å². The van der Waals surface area contributed by atoms with E-state index in [0.717, 1.165) is 18.4 Å². The van der Waals surface area contributed by atoms with Crippen LogP contribution in [0, 0.1) is 6.92 Å². The van der Waals surface area contributed by atoms with Crippen molar-refractivity contribution in [2.24, 2.45) is 0 Å². The molecule has 0 aliphatic carbocycles. The number of hydrogen-bond donors (Lipinski definition) is 1. The van der Waals surface area contributed by atoms with Crippen LogP contribution >= 0.6 is 0 Å². The lowest BCUT2D eigenvalue weighted by molar-refractivity contribution is 0.219. The fourth-order valence-corrected chi connectivity index (χ4v) is 3.94. The molecule has 1 aromatic carbocycles. The first-order valence-corrected chi connectivity index (χ1v) is 8.07. The molecule has 1 saturated heterocycles. The van der Waals surface area contributed by atoms with E-state index in [0.29, 0.717) is 18.0 Å². The molecule has 1 fully saturated rings. The lowest BCUT2D eigenvalue weighted by Gasteiger charge is -2.38. The molecular formula is C14H22N2O2S. The Morgan fingerprint density at radius 3 is 2.42 bits per heavy atom. The normalized spacial score (nSPS) is 20.4. The Balaban J connectivity index is 2.19. The van der Waals surface area contributed by atoms with Crippen molar-refractivity contribution in [3.05, 3.63) is 29.8 Å². The third-order valence-electron chi connectivity index (χ3n) is 4.06. The van der Waals surface area contributed by atoms with Crippen LogP contribution in [0.5, 0.6) is 0 Å². The molecule has 0 radical (unpaired) electrons. The molecule has 1 heterocycles. The van der Waals surface area contributed by atoms with Gasteiger partial charge in [0.15, 0.2) is 0 Å². The van der Waals surface area contributed by atoms with Crippen LogP contribution in [0.25, 0.3) is 0 Å². The van der Waals surface area contributed by atoms with Gasteiger partial charge in [0, 0.05) is 18.6 Å². The van der Waals surface area contributed by atoms with Crippen LogP contribution < -0.4 is 5.32 Å². The highest BCUT2D eigenvalue weighted by Crippen LogP contribution is 2.26. The molecule has 1 aromatic rings. The van der Waals surface area contributed by atoms with Gasteiger partial charge in [-0.2, -0.15) is 4.31 Å². The average Bonchev–Trinajstić information content (AvgIpc) is 2.39. The third-order valence-corrected chi connectivity index (χ3v) is 5.95. The lowest BCUT2D eigenvalue weighted by Crippen LogP contribution is -2.51. The van der Waals surface area contributed by atoms with Crippen molar-refractivity contribution in [3.63, 3.8) is 0 Å². The number of nitrogens with zero attached hydrogens (tertiary/aromatic N) is 1. The summed E-state index contributed by atoms with van der Waals surface area (Å²) in [6.07, 6.45) is 1.68. The van der Waals surface area contributed by atoms with Crippen molar-refractivity contribution in [1.29, 1.82) is 0 Å². The number of hydrogen-bond acceptors (Lipinski definition) is 3. The molecule has 19 heavy (non-hydrogen) atoms. The predicted molar refractivity (Wildman–Crippen MR) is 76.6 cm³/mol. The summed E-state index contributed by atoms with van der Waals surface area (Å²) in [6, 6.07) is 7.12. The van der Waals surface area contributed by atoms with Crippen LogP contribution in [-0.2, 0) is 10.0 Å². The van der Waals surface area contributed by atoms with Crippen LogP contribution in [0.4, 0.5) is 0 Å². The van der Waals surface area contributed by atoms with E-state index in [1.165, 1.54) is 0 Å². The molecule has 0 atom stereocenters. The summed E-state index contributed by atoms with van der Waals surface area (Å²) in [6.45, 7) is 5.21. The first-order chi connectivity index (χ1) is 8.87. The second-order valence-electron chi connectivity index (χ2n) is 5.53. The van der Waals surface area contributed by atoms with Gasteiger partial charge in [-0.3, -0.25) is 0 Å². The van der Waals surface area contributed by atoms with Crippen LogP contribution in [0.15, 0.2) is 29.2 Å². The Morgan fingerprint density at radius 1 is 1.26 bits per heavy atom. The number of nitrogens with one attached hydrogen (secondary N) is 1. The molecule has 5 heteroatoms. The molecule has 0 amide bonds. The highest BCUT2D eigenvalue weighted by molar-refractivity contribution is 7.89. The predicted octanol–water partition coefficient (Wildman–Crippen LogP) is 1.76. The Hall–Kier alpha value is -0.910. The monoisotopic (exact) mass is 282 g/mol. The summed E-state index contributed by atoms with van der Waals surface area (Å²) in [4.78, 5) is 0.403. The van der Waals surface area contributed by atoms with Gasteiger partial charge in [-0.1, -0.05) is 12.1 Å². The molecular weight excluding hydrogens is 260 g/mol. The van der Waals surface area contributed by atoms with Gasteiger partial charge in [-0.15, -0.1) is 0 Å². The van der Waals surface area contributed by atoms with Crippen LogP contribution in [0.1, 0.15) is 25.3 Å². The van der Waals surface area contributed by atoms with Gasteiger partial charge < -0.3 is 5.32 Å². The van der Waals surface area contributed by atoms with E-state index in [2.05, 4.69) is 12.2 Å². The van der Waals surface area contributed by atoms with Gasteiger partial charge in [0.25, 0.3) is 0 Å². The highest BCUT2D eigenvalue weighted by Gasteiger charge is 2.34. The first-order valence-electron chi connectivity index (χ1n) is 6.63. The lowest BCUT2D eigenvalue weighted by atomic mass is 9.91. The quantitative estimate of drug-likeness (QED) is 0.919. The fraction of sp³-hybridized carbons (Fsp3) is 0.571. The average molecular weight is 282 g/mol. The molecule has 0 bridgehead atoms. The molecule has 1 aliphatic rings. The van der Waals surface area contributed by atoms with E-state index in [4.69, 9.17) is 0 Å². The zero-order chi connectivity index (χ0) is 14.1. The number of sulfonamides is 1. The van der Waals surface area contributed by atoms with Gasteiger partial charge in [0.2, 0.25) is 10.0 Å². The molecule has 0 spiro atoms. The van der Waals surface area contributed by atoms with Crippen LogP contribution in [-0.4, -0.2) is 38.4 Å². The maximum absolute atomic E-state index is 12.5. The summed E-state index contributed by atoms with van der Waals surface area (Å²) < 4.78 is 26.7. The largest absolute Gasteiger partial charge is 0.314 e. The van der Waals surface area contributed by atoms with Crippen molar-refractivity contribution in [2.75, 3.05) is 20.1 Å². The number of benzene rings is 1. The summed E-state index contributed by atoms with van der Waals surface area (Å²) in [5.74, 6) is 0. The number of piperidine rings is 1. The highest BCUT2D eigenvalue weighted by atomic mass is 32.2. The van der Waals surface area contributed by atoms with Crippen molar-refractivity contribution in [2.45, 2.75) is 37.1 Å². The van der Waals surface area contributed by atoms with E-state index < -0.39 is 10.0 Å². The molecule has 0 aromatic heterocycles. The van der Waals surface area contributed by atoms with Crippen LogP contribution in [0.3, 0.4) is 0 Å². The van der Waals surface area contributed by atoms with E-state index in [1.807, 2.05) is 20.0 Å². The number of aryl methyl sites for hydroxylation is 1. The standard InChI is InChI=1S/C14H22N2O2S/c1-12-5-4-6-13(11-12)19(17,18)16-9-7-14(2,15-3)8-10-16/h4-6,11,15H,7-10H2,1-3H3. The van der Waals surface area contributed by atoms with Gasteiger partial charge in [0.05, 0.1) is 4.90 Å². The molecule has 106 valence electrons. The van der Waals surface area contributed by atoms with E-state index in [1.54, 1.807) is 22.5 Å². The van der Waals surface area contributed by atoms with Crippen LogP contribution in [0.2, 0.25) is 0 Å². The summed E-state index contributed by atoms with van der Waals surface area (Å²) in [7, 11) is -1.40. The second kappa shape index (κ2) is 5.23. The maximum Gasteiger partial charge on any atom is 0.243 e. The Kier molecular flexibility index (Phi) is 3.99. The molecule has 1 aliphatic heterocycles. The Bertz CT molecular complexity index is 546. The summed E-state index contributed by atoms with van der Waals surface area (Å²) in [5.41, 5.74) is 1.02. The second-order valence-corrected chi connectivity index (χ2v) is 7.47. The third kappa shape index (κ3) is 2.99. The smallest absolute Gasteiger partial charge is 0.243 e. The zero-order valence-corrected chi connectivity index (χ0v) is 12.6. The molecule has 0 saturated carbocycles. The molecule has 4 nitrogen and oxygen atoms in total. The topological polar surface area (TPSA) is 49.4 Å². The minimum Gasteiger partial charge on any atom is -0.314 e. The van der Waals surface area contributed by atoms with Gasteiger partial charge in [-0.25, -0.2) is 8.42 Å². The fourth-order valence-electron chi connectivity index (χ4n) is 2.39. The first kappa shape index (κ1) is 14.5. The summed E-state index contributed by atoms with van der Waals surface area (Å²) in [5, 5.41) is 3.28. The minimum atomic E-state index is -3.34. The SMILES string of the molecule is CNC1(C)CCN(S(=O)(=O)c2cccc(C)c2)CC1. The summed E-state index contributed by atoms with van der Waals surface area (Å²) >= 11 is 0. The van der Waals surface area contributed by atoms with Gasteiger partial charge in [0.1, 0.15) is 0 Å². The maximum atomic E-state index is 12.5. The van der Waals surface area contributed by atoms with E-state index >= 15 is 0 Å². The van der Waals surface area contributed by atoms with Gasteiger partial charge in [-0.05, 0) is 51.4 Å². The van der Waals surface area contributed by atoms with Crippen molar-refractivity contribution >= 4 is 10.0 Å². The molecule has 0 unspecified atom stereocenters. The zero-order valence-electron chi connectivity index (χ0n) is 11.8. The Morgan fingerprint density at radius 2 is 1.89 bits per heavy atom.